The second-order valence-corrected chi connectivity index (χ2v) is 6.88. The Kier molecular flexibility index (Phi) is 3.92. The summed E-state index contributed by atoms with van der Waals surface area (Å²) in [5, 5.41) is 8.06. The Morgan fingerprint density at radius 3 is 3.11 bits per heavy atom. The van der Waals surface area contributed by atoms with Crippen LogP contribution in [0.5, 0.6) is 0 Å². The highest BCUT2D eigenvalue weighted by molar-refractivity contribution is 6.33. The standard InChI is InChI=1S/C15H15ClN8O4/c1-6(25)27-11-10-8(3-24-7(4-26-10)2-19-22-24)28-14(11)23-5-18-9-12(16)20-15(17)21-13(9)23/h2,5,8,10-11,14H,3-4H2,1H3,(H2,17,20,21)/t8-,10+,11-,14-/m1/s1. The van der Waals surface area contributed by atoms with Gasteiger partial charge < -0.3 is 19.9 Å². The van der Waals surface area contributed by atoms with Crippen LogP contribution in [-0.2, 0) is 32.2 Å². The molecule has 1 saturated heterocycles. The summed E-state index contributed by atoms with van der Waals surface area (Å²) < 4.78 is 21.1. The molecule has 12 nitrogen and oxygen atoms in total. The first-order valence-electron chi connectivity index (χ1n) is 8.48. The van der Waals surface area contributed by atoms with Crippen molar-refractivity contribution in [3.05, 3.63) is 23.4 Å². The van der Waals surface area contributed by atoms with E-state index in [4.69, 9.17) is 31.5 Å². The number of aromatic nitrogens is 7. The van der Waals surface area contributed by atoms with Crippen molar-refractivity contribution in [3.8, 4) is 0 Å². The molecule has 0 amide bonds. The quantitative estimate of drug-likeness (QED) is 0.458. The lowest BCUT2D eigenvalue weighted by molar-refractivity contribution is -0.158. The van der Waals surface area contributed by atoms with Gasteiger partial charge in [0.25, 0.3) is 0 Å². The fourth-order valence-corrected chi connectivity index (χ4v) is 3.80. The number of ether oxygens (including phenoxy) is 3. The fraction of sp³-hybridized carbons (Fsp3) is 0.467. The summed E-state index contributed by atoms with van der Waals surface area (Å²) in [5.41, 5.74) is 7.29. The smallest absolute Gasteiger partial charge is 0.303 e. The largest absolute Gasteiger partial charge is 0.455 e. The van der Waals surface area contributed by atoms with Gasteiger partial charge >= 0.3 is 5.97 Å². The minimum atomic E-state index is -0.737. The zero-order chi connectivity index (χ0) is 19.4. The van der Waals surface area contributed by atoms with Gasteiger partial charge in [-0.25, -0.2) is 9.67 Å². The maximum absolute atomic E-state index is 11.8. The van der Waals surface area contributed by atoms with Crippen molar-refractivity contribution in [2.45, 2.75) is 44.6 Å². The van der Waals surface area contributed by atoms with Gasteiger partial charge in [-0.1, -0.05) is 16.8 Å². The zero-order valence-electron chi connectivity index (χ0n) is 14.6. The van der Waals surface area contributed by atoms with Crippen molar-refractivity contribution in [2.75, 3.05) is 5.73 Å². The Morgan fingerprint density at radius 2 is 2.29 bits per heavy atom. The number of esters is 1. The Hall–Kier alpha value is -2.83. The normalized spacial score (nSPS) is 26.6. The topological polar surface area (TPSA) is 145 Å². The van der Waals surface area contributed by atoms with Crippen LogP contribution in [0.2, 0.25) is 5.15 Å². The molecule has 0 radical (unpaired) electrons. The summed E-state index contributed by atoms with van der Waals surface area (Å²) in [4.78, 5) is 24.1. The molecule has 0 spiro atoms. The van der Waals surface area contributed by atoms with E-state index in [2.05, 4.69) is 25.3 Å². The highest BCUT2D eigenvalue weighted by atomic mass is 35.5. The van der Waals surface area contributed by atoms with Gasteiger partial charge in [0, 0.05) is 6.92 Å². The minimum absolute atomic E-state index is 0.000920. The van der Waals surface area contributed by atoms with Gasteiger partial charge in [-0.15, -0.1) is 5.10 Å². The molecule has 2 aliphatic rings. The molecule has 146 valence electrons. The molecule has 0 aromatic carbocycles. The molecule has 13 heteroatoms. The minimum Gasteiger partial charge on any atom is -0.455 e. The van der Waals surface area contributed by atoms with Crippen LogP contribution >= 0.6 is 11.6 Å². The van der Waals surface area contributed by atoms with Gasteiger partial charge in [0.1, 0.15) is 17.7 Å². The van der Waals surface area contributed by atoms with E-state index < -0.39 is 30.5 Å². The molecular formula is C15H15ClN8O4. The Balaban J connectivity index is 1.56. The third-order valence-corrected chi connectivity index (χ3v) is 5.00. The predicted octanol–water partition coefficient (Wildman–Crippen LogP) is 0.0815. The van der Waals surface area contributed by atoms with Crippen LogP contribution in [0.1, 0.15) is 18.8 Å². The molecule has 2 N–H and O–H groups in total. The van der Waals surface area contributed by atoms with E-state index in [-0.39, 0.29) is 17.7 Å². The molecule has 0 unspecified atom stereocenters. The molecule has 0 saturated carbocycles. The molecule has 4 atom stereocenters. The number of carbonyl (C=O) groups excluding carboxylic acids is 1. The zero-order valence-corrected chi connectivity index (χ0v) is 15.4. The number of hydrogen-bond donors (Lipinski definition) is 1. The van der Waals surface area contributed by atoms with Gasteiger partial charge in [-0.3, -0.25) is 9.36 Å². The van der Waals surface area contributed by atoms with E-state index in [9.17, 15) is 4.79 Å². The molecular weight excluding hydrogens is 392 g/mol. The lowest BCUT2D eigenvalue weighted by Gasteiger charge is -2.23. The monoisotopic (exact) mass is 406 g/mol. The molecule has 5 rings (SSSR count). The number of imidazole rings is 1. The lowest BCUT2D eigenvalue weighted by Crippen LogP contribution is -2.37. The van der Waals surface area contributed by atoms with Crippen molar-refractivity contribution in [1.82, 2.24) is 34.5 Å². The summed E-state index contributed by atoms with van der Waals surface area (Å²) in [6, 6.07) is 0. The predicted molar refractivity (Wildman–Crippen MR) is 92.8 cm³/mol. The summed E-state index contributed by atoms with van der Waals surface area (Å²) in [6.07, 6.45) is 0.724. The summed E-state index contributed by atoms with van der Waals surface area (Å²) in [7, 11) is 0. The highest BCUT2D eigenvalue weighted by Crippen LogP contribution is 2.38. The van der Waals surface area contributed by atoms with E-state index in [1.165, 1.54) is 13.3 Å². The first-order valence-corrected chi connectivity index (χ1v) is 8.86. The average molecular weight is 407 g/mol. The van der Waals surface area contributed by atoms with Crippen molar-refractivity contribution in [2.24, 2.45) is 0 Å². The number of halogens is 1. The Labute approximate surface area is 162 Å². The van der Waals surface area contributed by atoms with Gasteiger partial charge in [0.05, 0.1) is 31.4 Å². The number of anilines is 1. The van der Waals surface area contributed by atoms with Crippen LogP contribution in [0, 0.1) is 0 Å². The second-order valence-electron chi connectivity index (χ2n) is 6.52. The van der Waals surface area contributed by atoms with Crippen molar-refractivity contribution in [1.29, 1.82) is 0 Å². The highest BCUT2D eigenvalue weighted by Gasteiger charge is 2.50. The summed E-state index contributed by atoms with van der Waals surface area (Å²) in [6.45, 7) is 2.01. The van der Waals surface area contributed by atoms with Gasteiger partial charge in [0.2, 0.25) is 5.95 Å². The maximum atomic E-state index is 11.8. The number of nitrogens with two attached hydrogens (primary N) is 1. The summed E-state index contributed by atoms with van der Waals surface area (Å²) >= 11 is 6.11. The Bertz CT molecular complexity index is 1070. The van der Waals surface area contributed by atoms with Crippen LogP contribution in [0.4, 0.5) is 5.95 Å². The first kappa shape index (κ1) is 17.3. The number of fused-ring (bicyclic) bond motifs is 3. The first-order chi connectivity index (χ1) is 13.5. The summed E-state index contributed by atoms with van der Waals surface area (Å²) in [5.74, 6) is -0.456. The lowest BCUT2D eigenvalue weighted by atomic mass is 10.1. The molecule has 3 aromatic rings. The average Bonchev–Trinajstić information content (AvgIpc) is 3.30. The van der Waals surface area contributed by atoms with E-state index in [0.717, 1.165) is 5.69 Å². The molecule has 5 heterocycles. The maximum Gasteiger partial charge on any atom is 0.303 e. The fourth-order valence-electron chi connectivity index (χ4n) is 3.58. The van der Waals surface area contributed by atoms with Gasteiger partial charge in [-0.2, -0.15) is 9.97 Å². The SMILES string of the molecule is CC(=O)O[C@@H]1[C@H]2OCc3cnnn3C[C@H]2O[C@H]1n1cnc2c(Cl)nc(N)nc21. The number of hydrogen-bond acceptors (Lipinski definition) is 10. The van der Waals surface area contributed by atoms with Crippen molar-refractivity contribution >= 4 is 34.7 Å². The molecule has 0 bridgehead atoms. The number of rotatable bonds is 2. The van der Waals surface area contributed by atoms with Crippen molar-refractivity contribution < 1.29 is 19.0 Å². The van der Waals surface area contributed by atoms with Crippen LogP contribution < -0.4 is 5.73 Å². The van der Waals surface area contributed by atoms with Gasteiger partial charge in [-0.05, 0) is 0 Å². The molecule has 2 aliphatic heterocycles. The van der Waals surface area contributed by atoms with Crippen LogP contribution in [0.15, 0.2) is 12.5 Å². The number of nitrogen functional groups attached to an aromatic ring is 1. The van der Waals surface area contributed by atoms with Crippen LogP contribution in [0.25, 0.3) is 11.2 Å². The van der Waals surface area contributed by atoms with Crippen LogP contribution in [0.3, 0.4) is 0 Å². The van der Waals surface area contributed by atoms with E-state index in [1.54, 1.807) is 15.4 Å². The second kappa shape index (κ2) is 6.36. The third-order valence-electron chi connectivity index (χ3n) is 4.73. The van der Waals surface area contributed by atoms with Crippen LogP contribution in [-0.4, -0.2) is 58.8 Å². The third kappa shape index (κ3) is 2.68. The van der Waals surface area contributed by atoms with Crippen molar-refractivity contribution in [3.63, 3.8) is 0 Å². The van der Waals surface area contributed by atoms with E-state index in [0.29, 0.717) is 17.7 Å². The molecule has 28 heavy (non-hydrogen) atoms. The Morgan fingerprint density at radius 1 is 1.43 bits per heavy atom. The van der Waals surface area contributed by atoms with E-state index >= 15 is 0 Å². The number of nitrogens with zero attached hydrogens (tertiary/aromatic N) is 7. The van der Waals surface area contributed by atoms with E-state index in [1.807, 2.05) is 0 Å². The molecule has 0 aliphatic carbocycles. The molecule has 1 fully saturated rings. The number of carbonyl (C=O) groups is 1. The van der Waals surface area contributed by atoms with Gasteiger partial charge in [0.15, 0.2) is 23.1 Å². The molecule has 3 aromatic heterocycles.